The van der Waals surface area contributed by atoms with Crippen LogP contribution in [0.1, 0.15) is 37.9 Å². The molecule has 0 saturated carbocycles. The SMILES string of the molecule is CC(NC(=O)NCC(C)(C)C(N)=O)c1ccc(OCc2cccnc2)cc1. The number of rotatable bonds is 8. The lowest BCUT2D eigenvalue weighted by molar-refractivity contribution is -0.125. The lowest BCUT2D eigenvalue weighted by Gasteiger charge is -2.22. The Balaban J connectivity index is 1.83. The average molecular weight is 370 g/mol. The maximum absolute atomic E-state index is 12.0. The molecule has 7 nitrogen and oxygen atoms in total. The van der Waals surface area contributed by atoms with Crippen molar-refractivity contribution in [2.75, 3.05) is 6.54 Å². The van der Waals surface area contributed by atoms with Crippen LogP contribution in [0.2, 0.25) is 0 Å². The first-order valence-corrected chi connectivity index (χ1v) is 8.74. The molecule has 0 aliphatic heterocycles. The van der Waals surface area contributed by atoms with Gasteiger partial charge in [-0.15, -0.1) is 0 Å². The molecule has 27 heavy (non-hydrogen) atoms. The van der Waals surface area contributed by atoms with Gasteiger partial charge in [-0.05, 0) is 44.5 Å². The molecule has 1 aromatic heterocycles. The summed E-state index contributed by atoms with van der Waals surface area (Å²) in [7, 11) is 0. The zero-order valence-electron chi connectivity index (χ0n) is 15.9. The molecule has 0 aliphatic rings. The van der Waals surface area contributed by atoms with Gasteiger partial charge >= 0.3 is 6.03 Å². The zero-order chi connectivity index (χ0) is 19.9. The third-order valence-electron chi connectivity index (χ3n) is 4.21. The summed E-state index contributed by atoms with van der Waals surface area (Å²) >= 11 is 0. The summed E-state index contributed by atoms with van der Waals surface area (Å²) in [4.78, 5) is 27.4. The lowest BCUT2D eigenvalue weighted by atomic mass is 9.93. The first-order chi connectivity index (χ1) is 12.8. The van der Waals surface area contributed by atoms with E-state index in [0.29, 0.717) is 6.61 Å². The van der Waals surface area contributed by atoms with E-state index in [1.54, 1.807) is 26.2 Å². The van der Waals surface area contributed by atoms with Crippen LogP contribution in [0, 0.1) is 5.41 Å². The molecular weight excluding hydrogens is 344 g/mol. The van der Waals surface area contributed by atoms with Gasteiger partial charge in [0, 0.05) is 24.5 Å². The molecule has 7 heteroatoms. The molecule has 0 spiro atoms. The maximum Gasteiger partial charge on any atom is 0.315 e. The Morgan fingerprint density at radius 3 is 2.52 bits per heavy atom. The number of pyridine rings is 1. The second-order valence-corrected chi connectivity index (χ2v) is 7.02. The number of nitrogens with zero attached hydrogens (tertiary/aromatic N) is 1. The van der Waals surface area contributed by atoms with Gasteiger partial charge in [-0.2, -0.15) is 0 Å². The number of ether oxygens (including phenoxy) is 1. The highest BCUT2D eigenvalue weighted by atomic mass is 16.5. The highest BCUT2D eigenvalue weighted by Crippen LogP contribution is 2.18. The van der Waals surface area contributed by atoms with Crippen molar-refractivity contribution in [3.05, 3.63) is 59.9 Å². The molecule has 1 unspecified atom stereocenters. The minimum Gasteiger partial charge on any atom is -0.489 e. The fourth-order valence-corrected chi connectivity index (χ4v) is 2.22. The number of hydrogen-bond acceptors (Lipinski definition) is 4. The third kappa shape index (κ3) is 6.29. The lowest BCUT2D eigenvalue weighted by Crippen LogP contribution is -2.46. The summed E-state index contributed by atoms with van der Waals surface area (Å²) < 4.78 is 5.72. The van der Waals surface area contributed by atoms with Crippen LogP contribution in [0.3, 0.4) is 0 Å². The minimum absolute atomic E-state index is 0.169. The van der Waals surface area contributed by atoms with Crippen molar-refractivity contribution in [1.82, 2.24) is 15.6 Å². The Kier molecular flexibility index (Phi) is 6.76. The highest BCUT2D eigenvalue weighted by molar-refractivity contribution is 5.81. The fourth-order valence-electron chi connectivity index (χ4n) is 2.22. The van der Waals surface area contributed by atoms with Gasteiger partial charge in [0.1, 0.15) is 12.4 Å². The Bertz CT molecular complexity index is 761. The van der Waals surface area contributed by atoms with Crippen molar-refractivity contribution in [2.45, 2.75) is 33.4 Å². The number of primary amides is 1. The molecule has 2 aromatic rings. The van der Waals surface area contributed by atoms with E-state index in [2.05, 4.69) is 15.6 Å². The highest BCUT2D eigenvalue weighted by Gasteiger charge is 2.25. The number of nitrogens with one attached hydrogen (secondary N) is 2. The summed E-state index contributed by atoms with van der Waals surface area (Å²) in [6.07, 6.45) is 3.48. The fraction of sp³-hybridized carbons (Fsp3) is 0.350. The second kappa shape index (κ2) is 9.02. The predicted octanol–water partition coefficient (Wildman–Crippen LogP) is 2.53. The quantitative estimate of drug-likeness (QED) is 0.664. The Morgan fingerprint density at radius 2 is 1.93 bits per heavy atom. The predicted molar refractivity (Wildman–Crippen MR) is 103 cm³/mol. The number of urea groups is 1. The van der Waals surface area contributed by atoms with Crippen LogP contribution in [0.4, 0.5) is 4.79 Å². The molecule has 144 valence electrons. The van der Waals surface area contributed by atoms with Crippen molar-refractivity contribution in [3.8, 4) is 5.75 Å². The molecule has 0 fully saturated rings. The van der Waals surface area contributed by atoms with Gasteiger partial charge in [0.25, 0.3) is 0 Å². The number of aromatic nitrogens is 1. The summed E-state index contributed by atoms with van der Waals surface area (Å²) in [5.41, 5.74) is 6.43. The normalized spacial score (nSPS) is 12.1. The van der Waals surface area contributed by atoms with Crippen molar-refractivity contribution in [2.24, 2.45) is 11.1 Å². The molecule has 0 bridgehead atoms. The van der Waals surface area contributed by atoms with Gasteiger partial charge < -0.3 is 21.1 Å². The summed E-state index contributed by atoms with van der Waals surface area (Å²) in [5.74, 6) is 0.278. The number of amides is 3. The van der Waals surface area contributed by atoms with Crippen molar-refractivity contribution >= 4 is 11.9 Å². The van der Waals surface area contributed by atoms with Crippen LogP contribution in [-0.4, -0.2) is 23.5 Å². The Morgan fingerprint density at radius 1 is 1.22 bits per heavy atom. The maximum atomic E-state index is 12.0. The van der Waals surface area contributed by atoms with Gasteiger partial charge in [0.15, 0.2) is 0 Å². The van der Waals surface area contributed by atoms with Gasteiger partial charge in [-0.1, -0.05) is 18.2 Å². The first kappa shape index (κ1) is 20.2. The Hall–Kier alpha value is -3.09. The van der Waals surface area contributed by atoms with E-state index in [4.69, 9.17) is 10.5 Å². The first-order valence-electron chi connectivity index (χ1n) is 8.74. The van der Waals surface area contributed by atoms with E-state index >= 15 is 0 Å². The smallest absolute Gasteiger partial charge is 0.315 e. The molecule has 0 saturated heterocycles. The average Bonchev–Trinajstić information content (AvgIpc) is 2.66. The number of hydrogen-bond donors (Lipinski definition) is 3. The topological polar surface area (TPSA) is 106 Å². The van der Waals surface area contributed by atoms with Gasteiger partial charge in [0.2, 0.25) is 5.91 Å². The van der Waals surface area contributed by atoms with Crippen molar-refractivity contribution in [3.63, 3.8) is 0 Å². The summed E-state index contributed by atoms with van der Waals surface area (Å²) in [6, 6.07) is 10.8. The van der Waals surface area contributed by atoms with E-state index in [1.165, 1.54) is 0 Å². The van der Waals surface area contributed by atoms with Crippen LogP contribution >= 0.6 is 0 Å². The minimum atomic E-state index is -0.798. The van der Waals surface area contributed by atoms with Crippen LogP contribution < -0.4 is 21.1 Å². The molecule has 0 aliphatic carbocycles. The number of benzene rings is 1. The molecule has 1 heterocycles. The van der Waals surface area contributed by atoms with E-state index < -0.39 is 11.3 Å². The van der Waals surface area contributed by atoms with Crippen LogP contribution in [0.25, 0.3) is 0 Å². The summed E-state index contributed by atoms with van der Waals surface area (Å²) in [5, 5.41) is 5.51. The molecule has 0 radical (unpaired) electrons. The molecule has 1 aromatic carbocycles. The standard InChI is InChI=1S/C20H26N4O3/c1-14(24-19(26)23-13-20(2,3)18(21)25)16-6-8-17(9-7-16)27-12-15-5-4-10-22-11-15/h4-11,14H,12-13H2,1-3H3,(H2,21,25)(H2,23,24,26). The largest absolute Gasteiger partial charge is 0.489 e. The van der Waals surface area contributed by atoms with Crippen molar-refractivity contribution in [1.29, 1.82) is 0 Å². The molecule has 2 rings (SSSR count). The molecular formula is C20H26N4O3. The van der Waals surface area contributed by atoms with Gasteiger partial charge in [-0.25, -0.2) is 4.79 Å². The molecule has 1 atom stereocenters. The number of carbonyl (C=O) groups excluding carboxylic acids is 2. The summed E-state index contributed by atoms with van der Waals surface area (Å²) in [6.45, 7) is 5.86. The van der Waals surface area contributed by atoms with Gasteiger partial charge in [0.05, 0.1) is 11.5 Å². The molecule has 3 amide bonds. The monoisotopic (exact) mass is 370 g/mol. The Labute approximate surface area is 159 Å². The third-order valence-corrected chi connectivity index (χ3v) is 4.21. The van der Waals surface area contributed by atoms with E-state index in [-0.39, 0.29) is 18.6 Å². The van der Waals surface area contributed by atoms with E-state index in [1.807, 2.05) is 43.3 Å². The van der Waals surface area contributed by atoms with Crippen LogP contribution in [0.15, 0.2) is 48.8 Å². The van der Waals surface area contributed by atoms with Crippen molar-refractivity contribution < 1.29 is 14.3 Å². The number of carbonyl (C=O) groups is 2. The zero-order valence-corrected chi connectivity index (χ0v) is 15.9. The van der Waals surface area contributed by atoms with Crippen LogP contribution in [0.5, 0.6) is 5.75 Å². The molecule has 4 N–H and O–H groups in total. The van der Waals surface area contributed by atoms with Gasteiger partial charge in [-0.3, -0.25) is 9.78 Å². The van der Waals surface area contributed by atoms with E-state index in [0.717, 1.165) is 16.9 Å². The second-order valence-electron chi connectivity index (χ2n) is 7.02. The number of nitrogens with two attached hydrogens (primary N) is 1. The van der Waals surface area contributed by atoms with E-state index in [9.17, 15) is 9.59 Å². The van der Waals surface area contributed by atoms with Crippen LogP contribution in [-0.2, 0) is 11.4 Å².